The number of nitrogens with zero attached hydrogens (tertiary/aromatic N) is 3. The standard InChI is InChI=1S/C30H34N4O7/c35-25-12-11-23(28(37)31-25)34-29(38)22-9-4-10-24(27(22)30(34)39)41-18-6-14-32-13-5-15-33(17-16-32)26(36)20-40-19-21-7-2-1-3-8-21/h1-4,7-10,23H,5-6,11-20H2,(H,31,35,37). The third-order valence-corrected chi connectivity index (χ3v) is 7.58. The molecule has 0 aromatic heterocycles. The van der Waals surface area contributed by atoms with E-state index in [4.69, 9.17) is 9.47 Å². The molecule has 11 nitrogen and oxygen atoms in total. The number of hydrogen-bond acceptors (Lipinski definition) is 8. The molecule has 5 amide bonds. The van der Waals surface area contributed by atoms with Crippen molar-refractivity contribution in [1.82, 2.24) is 20.0 Å². The maximum absolute atomic E-state index is 13.2. The summed E-state index contributed by atoms with van der Waals surface area (Å²) >= 11 is 0. The molecule has 2 saturated heterocycles. The molecule has 11 heteroatoms. The smallest absolute Gasteiger partial charge is 0.266 e. The lowest BCUT2D eigenvalue weighted by molar-refractivity contribution is -0.137. The number of ether oxygens (including phenoxy) is 2. The summed E-state index contributed by atoms with van der Waals surface area (Å²) in [4.78, 5) is 67.8. The summed E-state index contributed by atoms with van der Waals surface area (Å²) < 4.78 is 11.6. The Bertz CT molecular complexity index is 1320. The lowest BCUT2D eigenvalue weighted by Gasteiger charge is -2.27. The van der Waals surface area contributed by atoms with Gasteiger partial charge in [-0.15, -0.1) is 0 Å². The normalized spacial score (nSPS) is 19.7. The summed E-state index contributed by atoms with van der Waals surface area (Å²) in [7, 11) is 0. The summed E-state index contributed by atoms with van der Waals surface area (Å²) in [6.45, 7) is 4.50. The van der Waals surface area contributed by atoms with Gasteiger partial charge in [0, 0.05) is 32.6 Å². The lowest BCUT2D eigenvalue weighted by Crippen LogP contribution is -2.54. The van der Waals surface area contributed by atoms with E-state index in [0.717, 1.165) is 36.5 Å². The Hall–Kier alpha value is -4.09. The number of benzene rings is 2. The number of fused-ring (bicyclic) bond motifs is 1. The van der Waals surface area contributed by atoms with Gasteiger partial charge in [-0.05, 0) is 43.5 Å². The Labute approximate surface area is 238 Å². The molecule has 216 valence electrons. The van der Waals surface area contributed by atoms with Gasteiger partial charge in [-0.25, -0.2) is 0 Å². The van der Waals surface area contributed by atoms with Gasteiger partial charge in [0.15, 0.2) is 0 Å². The summed E-state index contributed by atoms with van der Waals surface area (Å²) in [5.74, 6) is -1.90. The number of rotatable bonds is 10. The molecule has 0 bridgehead atoms. The fraction of sp³-hybridized carbons (Fsp3) is 0.433. The maximum Gasteiger partial charge on any atom is 0.266 e. The molecule has 0 saturated carbocycles. The zero-order valence-corrected chi connectivity index (χ0v) is 22.9. The molecule has 2 aromatic carbocycles. The van der Waals surface area contributed by atoms with Gasteiger partial charge in [0.2, 0.25) is 17.7 Å². The molecule has 3 heterocycles. The van der Waals surface area contributed by atoms with Gasteiger partial charge in [0.05, 0.1) is 24.3 Å². The van der Waals surface area contributed by atoms with Crippen LogP contribution in [0.3, 0.4) is 0 Å². The second kappa shape index (κ2) is 13.0. The Morgan fingerprint density at radius 2 is 1.76 bits per heavy atom. The van der Waals surface area contributed by atoms with Crippen LogP contribution in [0.2, 0.25) is 0 Å². The topological polar surface area (TPSA) is 126 Å². The van der Waals surface area contributed by atoms with Crippen molar-refractivity contribution in [2.45, 2.75) is 38.3 Å². The van der Waals surface area contributed by atoms with Gasteiger partial charge in [-0.2, -0.15) is 0 Å². The predicted octanol–water partition coefficient (Wildman–Crippen LogP) is 1.61. The monoisotopic (exact) mass is 562 g/mol. The first kappa shape index (κ1) is 28.4. The minimum absolute atomic E-state index is 0.00499. The van der Waals surface area contributed by atoms with E-state index in [0.29, 0.717) is 38.5 Å². The molecule has 2 fully saturated rings. The quantitative estimate of drug-likeness (QED) is 0.342. The minimum Gasteiger partial charge on any atom is -0.493 e. The van der Waals surface area contributed by atoms with Crippen LogP contribution in [0.1, 0.15) is 52.0 Å². The first-order chi connectivity index (χ1) is 19.9. The molecule has 1 unspecified atom stereocenters. The molecule has 41 heavy (non-hydrogen) atoms. The SMILES string of the molecule is O=C1CCC(N2C(=O)c3cccc(OCCCN4CCCN(C(=O)COCc5ccccc5)CC4)c3C2=O)C(=O)N1. The second-order valence-corrected chi connectivity index (χ2v) is 10.4. The van der Waals surface area contributed by atoms with Crippen molar-refractivity contribution in [2.24, 2.45) is 0 Å². The molecule has 3 aliphatic rings. The molecular formula is C30H34N4O7. The Kier molecular flexibility index (Phi) is 9.05. The Morgan fingerprint density at radius 3 is 2.56 bits per heavy atom. The van der Waals surface area contributed by atoms with Crippen molar-refractivity contribution >= 4 is 29.5 Å². The minimum atomic E-state index is -1.02. The second-order valence-electron chi connectivity index (χ2n) is 10.4. The average molecular weight is 563 g/mol. The highest BCUT2D eigenvalue weighted by atomic mass is 16.5. The average Bonchev–Trinajstić information content (AvgIpc) is 3.10. The molecule has 0 aliphatic carbocycles. The van der Waals surface area contributed by atoms with E-state index >= 15 is 0 Å². The lowest BCUT2D eigenvalue weighted by atomic mass is 10.0. The van der Waals surface area contributed by atoms with Crippen molar-refractivity contribution in [3.63, 3.8) is 0 Å². The van der Waals surface area contributed by atoms with Crippen LogP contribution in [0.25, 0.3) is 0 Å². The van der Waals surface area contributed by atoms with Crippen molar-refractivity contribution < 1.29 is 33.4 Å². The zero-order chi connectivity index (χ0) is 28.8. The predicted molar refractivity (Wildman–Crippen MR) is 147 cm³/mol. The van der Waals surface area contributed by atoms with E-state index in [9.17, 15) is 24.0 Å². The van der Waals surface area contributed by atoms with Gasteiger partial charge in [0.1, 0.15) is 18.4 Å². The molecule has 0 spiro atoms. The summed E-state index contributed by atoms with van der Waals surface area (Å²) in [6, 6.07) is 13.6. The fourth-order valence-corrected chi connectivity index (χ4v) is 5.44. The van der Waals surface area contributed by atoms with Crippen LogP contribution in [-0.4, -0.2) is 96.2 Å². The largest absolute Gasteiger partial charge is 0.493 e. The van der Waals surface area contributed by atoms with Crippen LogP contribution >= 0.6 is 0 Å². The molecule has 3 aliphatic heterocycles. The molecule has 2 aromatic rings. The van der Waals surface area contributed by atoms with Gasteiger partial charge < -0.3 is 19.3 Å². The number of piperidine rings is 1. The number of amides is 5. The van der Waals surface area contributed by atoms with Crippen LogP contribution in [-0.2, 0) is 25.7 Å². The van der Waals surface area contributed by atoms with Crippen LogP contribution in [0.5, 0.6) is 5.75 Å². The highest BCUT2D eigenvalue weighted by Crippen LogP contribution is 2.33. The first-order valence-corrected chi connectivity index (χ1v) is 14.0. The van der Waals surface area contributed by atoms with Crippen LogP contribution in [0.15, 0.2) is 48.5 Å². The number of carbonyl (C=O) groups excluding carboxylic acids is 5. The Balaban J connectivity index is 1.07. The van der Waals surface area contributed by atoms with Crippen molar-refractivity contribution in [3.05, 3.63) is 65.2 Å². The summed E-state index contributed by atoms with van der Waals surface area (Å²) in [6.07, 6.45) is 1.73. The van der Waals surface area contributed by atoms with E-state index < -0.39 is 29.7 Å². The molecule has 1 N–H and O–H groups in total. The third-order valence-electron chi connectivity index (χ3n) is 7.58. The molecule has 1 atom stereocenters. The highest BCUT2D eigenvalue weighted by Gasteiger charge is 2.46. The van der Waals surface area contributed by atoms with Crippen molar-refractivity contribution in [1.29, 1.82) is 0 Å². The highest BCUT2D eigenvalue weighted by molar-refractivity contribution is 6.24. The van der Waals surface area contributed by atoms with E-state index in [2.05, 4.69) is 10.2 Å². The summed E-state index contributed by atoms with van der Waals surface area (Å²) in [5.41, 5.74) is 1.38. The van der Waals surface area contributed by atoms with E-state index in [1.165, 1.54) is 0 Å². The van der Waals surface area contributed by atoms with Crippen LogP contribution in [0.4, 0.5) is 0 Å². The fourth-order valence-electron chi connectivity index (χ4n) is 5.44. The zero-order valence-electron chi connectivity index (χ0n) is 22.9. The van der Waals surface area contributed by atoms with E-state index in [1.807, 2.05) is 35.2 Å². The van der Waals surface area contributed by atoms with E-state index in [1.54, 1.807) is 18.2 Å². The van der Waals surface area contributed by atoms with Gasteiger partial charge in [0.25, 0.3) is 11.8 Å². The van der Waals surface area contributed by atoms with Gasteiger partial charge in [-0.3, -0.25) is 34.2 Å². The van der Waals surface area contributed by atoms with Crippen LogP contribution < -0.4 is 10.1 Å². The van der Waals surface area contributed by atoms with Crippen LogP contribution in [0, 0.1) is 0 Å². The third kappa shape index (κ3) is 6.63. The number of imide groups is 2. The number of nitrogens with one attached hydrogen (secondary N) is 1. The van der Waals surface area contributed by atoms with Gasteiger partial charge >= 0.3 is 0 Å². The Morgan fingerprint density at radius 1 is 0.927 bits per heavy atom. The molecule has 0 radical (unpaired) electrons. The van der Waals surface area contributed by atoms with Crippen molar-refractivity contribution in [3.8, 4) is 5.75 Å². The molecule has 5 rings (SSSR count). The van der Waals surface area contributed by atoms with E-state index in [-0.39, 0.29) is 36.5 Å². The molecular weight excluding hydrogens is 528 g/mol. The summed E-state index contributed by atoms with van der Waals surface area (Å²) in [5, 5.41) is 2.20. The number of hydrogen-bond donors (Lipinski definition) is 1. The first-order valence-electron chi connectivity index (χ1n) is 14.0. The number of carbonyl (C=O) groups is 5. The van der Waals surface area contributed by atoms with Gasteiger partial charge in [-0.1, -0.05) is 36.4 Å². The maximum atomic E-state index is 13.2. The van der Waals surface area contributed by atoms with Crippen molar-refractivity contribution in [2.75, 3.05) is 45.9 Å².